The molecule has 0 radical (unpaired) electrons. The maximum atomic E-state index is 11.8. The molecule has 1 aromatic rings. The highest BCUT2D eigenvalue weighted by Crippen LogP contribution is 2.05. The highest BCUT2D eigenvalue weighted by molar-refractivity contribution is 5.85. The van der Waals surface area contributed by atoms with Gasteiger partial charge in [-0.3, -0.25) is 0 Å². The van der Waals surface area contributed by atoms with Gasteiger partial charge in [-0.25, -0.2) is 9.59 Å². The first-order valence-corrected chi connectivity index (χ1v) is 6.77. The van der Waals surface area contributed by atoms with E-state index in [9.17, 15) is 9.59 Å². The van der Waals surface area contributed by atoms with Crippen LogP contribution < -0.4 is 5.32 Å². The summed E-state index contributed by atoms with van der Waals surface area (Å²) in [6.07, 6.45) is 1.19. The normalized spacial score (nSPS) is 11.7. The number of unbranched alkanes of at least 4 members (excludes halogenated alkanes) is 1. The van der Waals surface area contributed by atoms with Crippen molar-refractivity contribution in [2.45, 2.75) is 32.2 Å². The molecule has 5 nitrogen and oxygen atoms in total. The van der Waals surface area contributed by atoms with Gasteiger partial charge in [-0.2, -0.15) is 0 Å². The summed E-state index contributed by atoms with van der Waals surface area (Å²) >= 11 is 0. The van der Waals surface area contributed by atoms with Crippen LogP contribution in [0.5, 0.6) is 0 Å². The monoisotopic (exact) mass is 279 g/mol. The molecule has 0 heterocycles. The molecular formula is C15H21NO4. The summed E-state index contributed by atoms with van der Waals surface area (Å²) in [5, 5.41) is 2.84. The Balaban J connectivity index is 2.44. The van der Waals surface area contributed by atoms with E-state index in [-0.39, 0.29) is 6.61 Å². The molecule has 0 amide bonds. The number of benzene rings is 1. The second-order valence-electron chi connectivity index (χ2n) is 4.40. The Labute approximate surface area is 119 Å². The fourth-order valence-corrected chi connectivity index (χ4v) is 1.64. The summed E-state index contributed by atoms with van der Waals surface area (Å²) < 4.78 is 9.45. The second-order valence-corrected chi connectivity index (χ2v) is 4.40. The molecule has 1 atom stereocenters. The Bertz CT molecular complexity index is 419. The highest BCUT2D eigenvalue weighted by Gasteiger charge is 2.22. The Morgan fingerprint density at radius 3 is 2.55 bits per heavy atom. The maximum Gasteiger partial charge on any atom is 0.516 e. The zero-order chi connectivity index (χ0) is 14.8. The maximum absolute atomic E-state index is 11.8. The van der Waals surface area contributed by atoms with Gasteiger partial charge >= 0.3 is 12.1 Å². The van der Waals surface area contributed by atoms with Crippen LogP contribution in [0.25, 0.3) is 0 Å². The van der Waals surface area contributed by atoms with E-state index in [1.165, 1.54) is 0 Å². The van der Waals surface area contributed by atoms with Crippen LogP contribution in [-0.4, -0.2) is 31.8 Å². The van der Waals surface area contributed by atoms with Crippen molar-refractivity contribution in [2.24, 2.45) is 0 Å². The Morgan fingerprint density at radius 1 is 1.25 bits per heavy atom. The van der Waals surface area contributed by atoms with Crippen molar-refractivity contribution < 1.29 is 19.1 Å². The van der Waals surface area contributed by atoms with Gasteiger partial charge in [0.05, 0.1) is 6.61 Å². The van der Waals surface area contributed by atoms with E-state index in [1.54, 1.807) is 7.05 Å². The number of esters is 1. The highest BCUT2D eigenvalue weighted by atomic mass is 16.7. The molecule has 1 N–H and O–H groups in total. The van der Waals surface area contributed by atoms with Crippen molar-refractivity contribution in [2.75, 3.05) is 13.7 Å². The summed E-state index contributed by atoms with van der Waals surface area (Å²) in [5.41, 5.74) is 0.989. The molecule has 0 unspecified atom stereocenters. The lowest BCUT2D eigenvalue weighted by Crippen LogP contribution is -2.38. The van der Waals surface area contributed by atoms with Crippen LogP contribution in [0.1, 0.15) is 25.3 Å². The van der Waals surface area contributed by atoms with Gasteiger partial charge < -0.3 is 14.8 Å². The molecule has 0 bridgehead atoms. The van der Waals surface area contributed by atoms with Crippen molar-refractivity contribution in [3.63, 3.8) is 0 Å². The van der Waals surface area contributed by atoms with Gasteiger partial charge in [0, 0.05) is 0 Å². The number of ether oxygens (including phenoxy) is 2. The van der Waals surface area contributed by atoms with Crippen LogP contribution in [0.15, 0.2) is 30.3 Å². The minimum atomic E-state index is -0.934. The Kier molecular flexibility index (Phi) is 7.35. The second kappa shape index (κ2) is 9.09. The molecule has 0 aromatic heterocycles. The van der Waals surface area contributed by atoms with Crippen LogP contribution in [0, 0.1) is 0 Å². The van der Waals surface area contributed by atoms with E-state index in [2.05, 4.69) is 10.1 Å². The number of rotatable bonds is 7. The summed E-state index contributed by atoms with van der Waals surface area (Å²) in [5.74, 6) is -0.627. The molecule has 0 aliphatic rings. The van der Waals surface area contributed by atoms with E-state index in [4.69, 9.17) is 4.74 Å². The van der Waals surface area contributed by atoms with Crippen molar-refractivity contribution >= 4 is 12.1 Å². The van der Waals surface area contributed by atoms with E-state index in [0.717, 1.165) is 18.4 Å². The van der Waals surface area contributed by atoms with Gasteiger partial charge in [0.25, 0.3) is 0 Å². The molecule has 110 valence electrons. The number of nitrogens with one attached hydrogen (secondary N) is 1. The van der Waals surface area contributed by atoms with Crippen molar-refractivity contribution in [3.05, 3.63) is 35.9 Å². The Morgan fingerprint density at radius 2 is 1.95 bits per heavy atom. The molecular weight excluding hydrogens is 258 g/mol. The van der Waals surface area contributed by atoms with Crippen molar-refractivity contribution in [3.8, 4) is 0 Å². The first kappa shape index (κ1) is 16.2. The predicted octanol–water partition coefficient (Wildman–Crippen LogP) is 2.30. The van der Waals surface area contributed by atoms with Crippen LogP contribution in [0.4, 0.5) is 4.79 Å². The van der Waals surface area contributed by atoms with E-state index < -0.39 is 18.2 Å². The molecule has 0 saturated heterocycles. The third kappa shape index (κ3) is 5.84. The van der Waals surface area contributed by atoms with Crippen molar-refractivity contribution in [1.82, 2.24) is 5.32 Å². The van der Waals surface area contributed by atoms with Crippen LogP contribution in [0.3, 0.4) is 0 Å². The summed E-state index contributed by atoms with van der Waals surface area (Å²) in [6.45, 7) is 2.25. The molecule has 20 heavy (non-hydrogen) atoms. The smallest absolute Gasteiger partial charge is 0.434 e. The lowest BCUT2D eigenvalue weighted by atomic mass is 10.1. The molecule has 1 aromatic carbocycles. The van der Waals surface area contributed by atoms with Gasteiger partial charge in [0.1, 0.15) is 6.04 Å². The zero-order valence-electron chi connectivity index (χ0n) is 11.9. The molecule has 0 aliphatic heterocycles. The molecule has 1 rings (SSSR count). The predicted molar refractivity (Wildman–Crippen MR) is 75.3 cm³/mol. The summed E-state index contributed by atoms with van der Waals surface area (Å²) in [7, 11) is 1.65. The topological polar surface area (TPSA) is 64.6 Å². The molecule has 0 aliphatic carbocycles. The van der Waals surface area contributed by atoms with Gasteiger partial charge in [-0.05, 0) is 25.5 Å². The third-order valence-corrected chi connectivity index (χ3v) is 2.82. The fourth-order valence-electron chi connectivity index (χ4n) is 1.64. The minimum absolute atomic E-state index is 0.269. The average Bonchev–Trinajstić information content (AvgIpc) is 2.46. The van der Waals surface area contributed by atoms with Crippen LogP contribution >= 0.6 is 0 Å². The number of carbonyl (C=O) groups is 2. The molecule has 5 heteroatoms. The van der Waals surface area contributed by atoms with E-state index in [1.807, 2.05) is 37.3 Å². The average molecular weight is 279 g/mol. The van der Waals surface area contributed by atoms with E-state index >= 15 is 0 Å². The van der Waals surface area contributed by atoms with Gasteiger partial charge in [-0.1, -0.05) is 43.7 Å². The summed E-state index contributed by atoms with van der Waals surface area (Å²) in [6, 6.07) is 8.95. The largest absolute Gasteiger partial charge is 0.516 e. The van der Waals surface area contributed by atoms with Crippen molar-refractivity contribution in [1.29, 1.82) is 0 Å². The first-order chi connectivity index (χ1) is 9.67. The number of hydrogen-bond donors (Lipinski definition) is 1. The summed E-state index contributed by atoms with van der Waals surface area (Å²) in [4.78, 5) is 23.1. The number of carbonyl (C=O) groups excluding carboxylic acids is 2. The SMILES string of the molecule is CCCCOC(=O)OC(=O)[C@@H](Cc1ccccc1)NC. The molecule has 0 fully saturated rings. The van der Waals surface area contributed by atoms with Gasteiger partial charge in [-0.15, -0.1) is 0 Å². The fraction of sp³-hybridized carbons (Fsp3) is 0.467. The molecule has 0 saturated carbocycles. The molecule has 0 spiro atoms. The van der Waals surface area contributed by atoms with Crippen LogP contribution in [-0.2, 0) is 20.7 Å². The standard InChI is InChI=1S/C15H21NO4/c1-3-4-10-19-15(18)20-14(17)13(16-2)11-12-8-6-5-7-9-12/h5-9,13,16H,3-4,10-11H2,1-2H3/t13-/m1/s1. The zero-order valence-corrected chi connectivity index (χ0v) is 11.9. The van der Waals surface area contributed by atoms with E-state index in [0.29, 0.717) is 6.42 Å². The quantitative estimate of drug-likeness (QED) is 0.471. The Hall–Kier alpha value is -1.88. The first-order valence-electron chi connectivity index (χ1n) is 6.77. The number of likely N-dealkylation sites (N-methyl/N-ethyl adjacent to an activating group) is 1. The van der Waals surface area contributed by atoms with Gasteiger partial charge in [0.2, 0.25) is 0 Å². The van der Waals surface area contributed by atoms with Gasteiger partial charge in [0.15, 0.2) is 0 Å². The number of hydrogen-bond acceptors (Lipinski definition) is 5. The lowest BCUT2D eigenvalue weighted by Gasteiger charge is -2.14. The third-order valence-electron chi connectivity index (χ3n) is 2.82. The lowest BCUT2D eigenvalue weighted by molar-refractivity contribution is -0.142. The van der Waals surface area contributed by atoms with Crippen LogP contribution in [0.2, 0.25) is 0 Å². The minimum Gasteiger partial charge on any atom is -0.434 e.